The number of rotatable bonds is 4. The van der Waals surface area contributed by atoms with Crippen molar-refractivity contribution in [2.45, 2.75) is 12.8 Å². The van der Waals surface area contributed by atoms with Crippen LogP contribution in [0, 0.1) is 0 Å². The van der Waals surface area contributed by atoms with Crippen molar-refractivity contribution in [3.05, 3.63) is 170 Å². The van der Waals surface area contributed by atoms with Gasteiger partial charge in [-0.25, -0.2) is 0 Å². The van der Waals surface area contributed by atoms with Crippen molar-refractivity contribution in [1.29, 1.82) is 0 Å². The Labute approximate surface area is 294 Å². The molecule has 0 atom stereocenters. The normalized spacial score (nSPS) is 13.4. The Hall–Kier alpha value is -6.58. The van der Waals surface area contributed by atoms with Crippen molar-refractivity contribution >= 4 is 71.2 Å². The predicted molar refractivity (Wildman–Crippen MR) is 215 cm³/mol. The van der Waals surface area contributed by atoms with Crippen molar-refractivity contribution in [1.82, 2.24) is 9.13 Å². The largest absolute Gasteiger partial charge is 0.455 e. The van der Waals surface area contributed by atoms with Gasteiger partial charge in [-0.15, -0.1) is 0 Å². The number of fused-ring (bicyclic) bond motifs is 9. The fourth-order valence-corrected chi connectivity index (χ4v) is 8.67. The highest BCUT2D eigenvalue weighted by molar-refractivity contribution is 6.24. The molecule has 0 radical (unpaired) electrons. The third kappa shape index (κ3) is 4.06. The minimum Gasteiger partial charge on any atom is -0.455 e. The second-order valence-corrected chi connectivity index (χ2v) is 13.5. The van der Waals surface area contributed by atoms with Gasteiger partial charge in [-0.2, -0.15) is 0 Å². The number of allylic oxidation sites excluding steroid dienone is 4. The van der Waals surface area contributed by atoms with E-state index in [9.17, 15) is 0 Å². The molecule has 7 aromatic carbocycles. The molecule has 1 aliphatic rings. The molecule has 0 spiro atoms. The van der Waals surface area contributed by atoms with Crippen LogP contribution in [0.25, 0.3) is 99.2 Å². The molecule has 3 aromatic heterocycles. The van der Waals surface area contributed by atoms with Crippen LogP contribution < -0.4 is 0 Å². The molecule has 10 aromatic rings. The molecule has 0 fully saturated rings. The second-order valence-electron chi connectivity index (χ2n) is 13.5. The van der Waals surface area contributed by atoms with Gasteiger partial charge in [0.25, 0.3) is 0 Å². The minimum atomic E-state index is 0.894. The zero-order chi connectivity index (χ0) is 33.5. The fraction of sp³-hybridized carbons (Fsp3) is 0.0417. The molecule has 0 aliphatic heterocycles. The van der Waals surface area contributed by atoms with Crippen LogP contribution >= 0.6 is 0 Å². The Balaban J connectivity index is 1.19. The molecule has 240 valence electrons. The maximum Gasteiger partial charge on any atom is 0.143 e. The lowest BCUT2D eigenvalue weighted by atomic mass is 9.94. The van der Waals surface area contributed by atoms with Gasteiger partial charge in [0, 0.05) is 49.3 Å². The number of aromatic nitrogens is 2. The number of nitrogens with zero attached hydrogens (tertiary/aromatic N) is 2. The van der Waals surface area contributed by atoms with Gasteiger partial charge in [0.2, 0.25) is 0 Å². The van der Waals surface area contributed by atoms with E-state index in [2.05, 4.69) is 179 Å². The molecule has 3 heteroatoms. The highest BCUT2D eigenvalue weighted by atomic mass is 16.3. The Morgan fingerprint density at radius 2 is 0.961 bits per heavy atom. The summed E-state index contributed by atoms with van der Waals surface area (Å²) in [7, 11) is 0. The Morgan fingerprint density at radius 3 is 1.69 bits per heavy atom. The molecule has 0 saturated heterocycles. The monoisotopic (exact) mass is 652 g/mol. The van der Waals surface area contributed by atoms with E-state index in [4.69, 9.17) is 4.42 Å². The molecular weight excluding hydrogens is 621 g/mol. The van der Waals surface area contributed by atoms with Gasteiger partial charge >= 0.3 is 0 Å². The molecule has 0 N–H and O–H groups in total. The highest BCUT2D eigenvalue weighted by Gasteiger charge is 2.22. The molecule has 0 unspecified atom stereocenters. The van der Waals surface area contributed by atoms with E-state index in [1.54, 1.807) is 0 Å². The lowest BCUT2D eigenvalue weighted by Gasteiger charge is -2.12. The number of benzene rings is 7. The standard InChI is InChI=1S/C48H32N2O/c1-3-15-31(16-4-1)49-40-26-9-7-19-37(40)45-33(21-12-28-42(45)49)34-23-14-30-44-47(34)39-25-11-24-36(48(39)51-44)35-22-13-29-43-46(35)38-20-8-10-27-41(38)50(43)32-17-5-2-6-18-32/h1,3-5,7-30H,2,6H2. The lowest BCUT2D eigenvalue weighted by Crippen LogP contribution is -1.96. The van der Waals surface area contributed by atoms with Gasteiger partial charge in [-0.3, -0.25) is 0 Å². The first-order valence-electron chi connectivity index (χ1n) is 17.8. The van der Waals surface area contributed by atoms with Gasteiger partial charge in [0.1, 0.15) is 11.2 Å². The molecule has 51 heavy (non-hydrogen) atoms. The summed E-state index contributed by atoms with van der Waals surface area (Å²) in [6, 6.07) is 54.8. The zero-order valence-corrected chi connectivity index (χ0v) is 27.9. The summed E-state index contributed by atoms with van der Waals surface area (Å²) in [4.78, 5) is 0. The van der Waals surface area contributed by atoms with Crippen LogP contribution in [0.3, 0.4) is 0 Å². The molecule has 0 saturated carbocycles. The Kier molecular flexibility index (Phi) is 6.08. The van der Waals surface area contributed by atoms with Gasteiger partial charge in [0.15, 0.2) is 0 Å². The summed E-state index contributed by atoms with van der Waals surface area (Å²) in [5, 5.41) is 7.26. The molecule has 3 heterocycles. The predicted octanol–water partition coefficient (Wildman–Crippen LogP) is 13.3. The van der Waals surface area contributed by atoms with Crippen molar-refractivity contribution in [3.63, 3.8) is 0 Å². The van der Waals surface area contributed by atoms with Crippen LogP contribution in [0.5, 0.6) is 0 Å². The van der Waals surface area contributed by atoms with Gasteiger partial charge in [0.05, 0.1) is 22.1 Å². The average molecular weight is 653 g/mol. The maximum absolute atomic E-state index is 6.92. The topological polar surface area (TPSA) is 23.0 Å². The third-order valence-corrected chi connectivity index (χ3v) is 10.7. The minimum absolute atomic E-state index is 0.894. The molecule has 3 nitrogen and oxygen atoms in total. The van der Waals surface area contributed by atoms with Gasteiger partial charge in [-0.05, 0) is 78.1 Å². The smallest absolute Gasteiger partial charge is 0.143 e. The first-order chi connectivity index (χ1) is 25.3. The number of hydrogen-bond donors (Lipinski definition) is 0. The van der Waals surface area contributed by atoms with E-state index < -0.39 is 0 Å². The quantitative estimate of drug-likeness (QED) is 0.186. The lowest BCUT2D eigenvalue weighted by molar-refractivity contribution is 0.670. The van der Waals surface area contributed by atoms with E-state index in [1.165, 1.54) is 66.0 Å². The number of para-hydroxylation sites is 4. The van der Waals surface area contributed by atoms with Crippen molar-refractivity contribution in [2.75, 3.05) is 0 Å². The van der Waals surface area contributed by atoms with Crippen LogP contribution in [0.1, 0.15) is 12.8 Å². The van der Waals surface area contributed by atoms with Crippen LogP contribution in [0.2, 0.25) is 0 Å². The van der Waals surface area contributed by atoms with Crippen molar-refractivity contribution < 1.29 is 4.42 Å². The van der Waals surface area contributed by atoms with Crippen LogP contribution in [0.15, 0.2) is 174 Å². The Morgan fingerprint density at radius 1 is 0.412 bits per heavy atom. The molecule has 0 bridgehead atoms. The van der Waals surface area contributed by atoms with E-state index in [0.29, 0.717) is 0 Å². The summed E-state index contributed by atoms with van der Waals surface area (Å²) in [6.45, 7) is 0. The van der Waals surface area contributed by atoms with Crippen molar-refractivity contribution in [2.24, 2.45) is 0 Å². The van der Waals surface area contributed by atoms with Gasteiger partial charge < -0.3 is 13.6 Å². The van der Waals surface area contributed by atoms with E-state index in [1.807, 2.05) is 0 Å². The van der Waals surface area contributed by atoms with E-state index in [-0.39, 0.29) is 0 Å². The van der Waals surface area contributed by atoms with Crippen LogP contribution in [0.4, 0.5) is 0 Å². The van der Waals surface area contributed by atoms with Gasteiger partial charge in [-0.1, -0.05) is 121 Å². The molecule has 1 aliphatic carbocycles. The highest BCUT2D eigenvalue weighted by Crippen LogP contribution is 2.46. The second kappa shape index (κ2) is 11.0. The summed E-state index contributed by atoms with van der Waals surface area (Å²) in [5.74, 6) is 0. The molecular formula is C48H32N2O. The zero-order valence-electron chi connectivity index (χ0n) is 27.9. The van der Waals surface area contributed by atoms with Crippen molar-refractivity contribution in [3.8, 4) is 27.9 Å². The van der Waals surface area contributed by atoms with E-state index >= 15 is 0 Å². The van der Waals surface area contributed by atoms with Crippen LogP contribution in [-0.4, -0.2) is 9.13 Å². The third-order valence-electron chi connectivity index (χ3n) is 10.7. The number of hydrogen-bond acceptors (Lipinski definition) is 1. The summed E-state index contributed by atoms with van der Waals surface area (Å²) < 4.78 is 11.7. The Bertz CT molecular complexity index is 3070. The summed E-state index contributed by atoms with van der Waals surface area (Å²) in [5.41, 5.74) is 13.7. The maximum atomic E-state index is 6.92. The number of furan rings is 1. The first kappa shape index (κ1) is 28.3. The van der Waals surface area contributed by atoms with Crippen LogP contribution in [-0.2, 0) is 0 Å². The van der Waals surface area contributed by atoms with E-state index in [0.717, 1.165) is 46.0 Å². The average Bonchev–Trinajstić information content (AvgIpc) is 3.86. The molecule has 0 amide bonds. The first-order valence-corrected chi connectivity index (χ1v) is 17.8. The SMILES string of the molecule is C1=CC(n2c3ccccc3c3c(-c4cccc5c4oc4cccc(-c6cccc7c6c6ccccc6n7-c6ccccc6)c45)cccc32)=CCC1. The fourth-order valence-electron chi connectivity index (χ4n) is 8.67. The summed E-state index contributed by atoms with van der Waals surface area (Å²) in [6.07, 6.45) is 9.05. The summed E-state index contributed by atoms with van der Waals surface area (Å²) >= 11 is 0. The molecule has 11 rings (SSSR count).